The van der Waals surface area contributed by atoms with Crippen LogP contribution in [0.1, 0.15) is 23.7 Å². The van der Waals surface area contributed by atoms with E-state index in [9.17, 15) is 0 Å². The average molecular weight is 250 g/mol. The normalized spacial score (nSPS) is 23.8. The number of fused-ring (bicyclic) bond motifs is 3. The summed E-state index contributed by atoms with van der Waals surface area (Å²) in [4.78, 5) is 7.23. The Bertz CT molecular complexity index is 633. The number of aryl methyl sites for hydroxylation is 1. The molecule has 19 heavy (non-hydrogen) atoms. The van der Waals surface area contributed by atoms with Crippen molar-refractivity contribution in [1.29, 1.82) is 0 Å². The molecule has 0 bridgehead atoms. The van der Waals surface area contributed by atoms with Gasteiger partial charge in [0, 0.05) is 30.8 Å². The van der Waals surface area contributed by atoms with Gasteiger partial charge >= 0.3 is 0 Å². The molecule has 2 heteroatoms. The maximum Gasteiger partial charge on any atom is 0.0680 e. The SMILES string of the molecule is Cc1cc(-c2ccccc2)c2c(n1)C1CC1CN2C. The molecule has 1 aliphatic carbocycles. The molecular weight excluding hydrogens is 232 g/mol. The van der Waals surface area contributed by atoms with Gasteiger partial charge in [-0.3, -0.25) is 4.98 Å². The molecule has 0 radical (unpaired) electrons. The number of pyridine rings is 1. The summed E-state index contributed by atoms with van der Waals surface area (Å²) in [6.45, 7) is 3.29. The highest BCUT2D eigenvalue weighted by Crippen LogP contribution is 2.55. The third-order valence-corrected chi connectivity index (χ3v) is 4.40. The van der Waals surface area contributed by atoms with Crippen LogP contribution in [0.2, 0.25) is 0 Å². The second-order valence-corrected chi connectivity index (χ2v) is 5.89. The molecule has 0 amide bonds. The highest BCUT2D eigenvalue weighted by molar-refractivity contribution is 5.82. The van der Waals surface area contributed by atoms with Gasteiger partial charge in [0.25, 0.3) is 0 Å². The molecule has 1 saturated carbocycles. The van der Waals surface area contributed by atoms with Crippen LogP contribution >= 0.6 is 0 Å². The molecule has 2 aromatic rings. The average Bonchev–Trinajstić information content (AvgIpc) is 3.18. The second kappa shape index (κ2) is 3.83. The predicted molar refractivity (Wildman–Crippen MR) is 78.5 cm³/mol. The van der Waals surface area contributed by atoms with Gasteiger partial charge in [-0.25, -0.2) is 0 Å². The van der Waals surface area contributed by atoms with E-state index in [0.717, 1.165) is 11.6 Å². The smallest absolute Gasteiger partial charge is 0.0680 e. The van der Waals surface area contributed by atoms with Crippen molar-refractivity contribution in [2.24, 2.45) is 5.92 Å². The Hall–Kier alpha value is -1.83. The standard InChI is InChI=1S/C17H18N2/c1-11-8-15(12-6-4-3-5-7-12)17-16(18-11)14-9-13(14)10-19(17)2/h3-8,13-14H,9-10H2,1-2H3. The number of rotatable bonds is 1. The van der Waals surface area contributed by atoms with E-state index in [1.165, 1.54) is 35.5 Å². The van der Waals surface area contributed by atoms with E-state index in [4.69, 9.17) is 4.98 Å². The molecule has 0 spiro atoms. The molecule has 2 nitrogen and oxygen atoms in total. The number of anilines is 1. The number of hydrogen-bond donors (Lipinski definition) is 0. The first kappa shape index (κ1) is 11.0. The zero-order chi connectivity index (χ0) is 13.0. The Morgan fingerprint density at radius 1 is 1.21 bits per heavy atom. The summed E-state index contributed by atoms with van der Waals surface area (Å²) in [7, 11) is 2.21. The summed E-state index contributed by atoms with van der Waals surface area (Å²) in [6.07, 6.45) is 1.32. The first-order valence-electron chi connectivity index (χ1n) is 7.02. The Morgan fingerprint density at radius 3 is 2.79 bits per heavy atom. The highest BCUT2D eigenvalue weighted by Gasteiger charge is 2.46. The topological polar surface area (TPSA) is 16.1 Å². The van der Waals surface area contributed by atoms with Gasteiger partial charge in [0.05, 0.1) is 11.4 Å². The molecule has 0 N–H and O–H groups in total. The summed E-state index contributed by atoms with van der Waals surface area (Å²) >= 11 is 0. The van der Waals surface area contributed by atoms with E-state index in [1.807, 2.05) is 0 Å². The molecule has 4 rings (SSSR count). The van der Waals surface area contributed by atoms with Gasteiger partial charge in [0.15, 0.2) is 0 Å². The summed E-state index contributed by atoms with van der Waals surface area (Å²) in [6, 6.07) is 12.9. The minimum absolute atomic E-state index is 0.716. The summed E-state index contributed by atoms with van der Waals surface area (Å²) in [5.41, 5.74) is 6.47. The van der Waals surface area contributed by atoms with Gasteiger partial charge in [-0.2, -0.15) is 0 Å². The lowest BCUT2D eigenvalue weighted by molar-refractivity contribution is 0.714. The first-order valence-corrected chi connectivity index (χ1v) is 7.02. The monoisotopic (exact) mass is 250 g/mol. The minimum Gasteiger partial charge on any atom is -0.372 e. The maximum atomic E-state index is 4.83. The fourth-order valence-electron chi connectivity index (χ4n) is 3.42. The van der Waals surface area contributed by atoms with Crippen LogP contribution in [0.4, 0.5) is 5.69 Å². The van der Waals surface area contributed by atoms with Crippen LogP contribution in [0.3, 0.4) is 0 Å². The van der Waals surface area contributed by atoms with Gasteiger partial charge in [-0.15, -0.1) is 0 Å². The van der Waals surface area contributed by atoms with E-state index in [0.29, 0.717) is 5.92 Å². The molecule has 96 valence electrons. The van der Waals surface area contributed by atoms with Crippen LogP contribution < -0.4 is 4.90 Å². The molecule has 2 unspecified atom stereocenters. The fraction of sp³-hybridized carbons (Fsp3) is 0.353. The summed E-state index contributed by atoms with van der Waals surface area (Å²) in [5.74, 6) is 1.56. The number of hydrogen-bond acceptors (Lipinski definition) is 2. The van der Waals surface area contributed by atoms with Crippen molar-refractivity contribution >= 4 is 5.69 Å². The number of nitrogens with zero attached hydrogens (tertiary/aromatic N) is 2. The van der Waals surface area contributed by atoms with Gasteiger partial charge in [-0.1, -0.05) is 30.3 Å². The maximum absolute atomic E-state index is 4.83. The molecule has 1 aliphatic heterocycles. The van der Waals surface area contributed by atoms with Crippen LogP contribution in [0.15, 0.2) is 36.4 Å². The predicted octanol–water partition coefficient (Wildman–Crippen LogP) is 3.61. The van der Waals surface area contributed by atoms with Crippen LogP contribution in [0, 0.1) is 12.8 Å². The van der Waals surface area contributed by atoms with Crippen LogP contribution in [-0.4, -0.2) is 18.6 Å². The quantitative estimate of drug-likeness (QED) is 0.768. The summed E-state index contributed by atoms with van der Waals surface area (Å²) in [5, 5.41) is 0. The third kappa shape index (κ3) is 1.66. The molecule has 0 saturated heterocycles. The van der Waals surface area contributed by atoms with E-state index in [-0.39, 0.29) is 0 Å². The van der Waals surface area contributed by atoms with Crippen LogP contribution in [-0.2, 0) is 0 Å². The first-order chi connectivity index (χ1) is 9.24. The molecular formula is C17H18N2. The molecule has 1 fully saturated rings. The van der Waals surface area contributed by atoms with Crippen molar-refractivity contribution in [2.75, 3.05) is 18.5 Å². The lowest BCUT2D eigenvalue weighted by Gasteiger charge is -2.29. The minimum atomic E-state index is 0.716. The largest absolute Gasteiger partial charge is 0.372 e. The fourth-order valence-corrected chi connectivity index (χ4v) is 3.42. The Kier molecular flexibility index (Phi) is 2.22. The van der Waals surface area contributed by atoms with E-state index < -0.39 is 0 Å². The lowest BCUT2D eigenvalue weighted by Crippen LogP contribution is -2.26. The van der Waals surface area contributed by atoms with Gasteiger partial charge in [0.2, 0.25) is 0 Å². The van der Waals surface area contributed by atoms with Crippen LogP contribution in [0.5, 0.6) is 0 Å². The van der Waals surface area contributed by atoms with E-state index >= 15 is 0 Å². The van der Waals surface area contributed by atoms with Gasteiger partial charge < -0.3 is 4.90 Å². The number of benzene rings is 1. The number of aromatic nitrogens is 1. The van der Waals surface area contributed by atoms with Crippen molar-refractivity contribution in [2.45, 2.75) is 19.3 Å². The molecule has 2 aliphatic rings. The lowest BCUT2D eigenvalue weighted by atomic mass is 9.97. The van der Waals surface area contributed by atoms with Crippen molar-refractivity contribution in [3.05, 3.63) is 47.8 Å². The molecule has 1 aromatic carbocycles. The van der Waals surface area contributed by atoms with E-state index in [2.05, 4.69) is 55.3 Å². The Labute approximate surface area is 114 Å². The van der Waals surface area contributed by atoms with Crippen molar-refractivity contribution in [1.82, 2.24) is 4.98 Å². The molecule has 2 atom stereocenters. The Morgan fingerprint density at radius 2 is 2.00 bits per heavy atom. The van der Waals surface area contributed by atoms with Gasteiger partial charge in [-0.05, 0) is 30.9 Å². The second-order valence-electron chi connectivity index (χ2n) is 5.89. The Balaban J connectivity index is 1.96. The zero-order valence-corrected chi connectivity index (χ0v) is 11.4. The highest BCUT2D eigenvalue weighted by atomic mass is 15.1. The molecule has 2 heterocycles. The zero-order valence-electron chi connectivity index (χ0n) is 11.4. The van der Waals surface area contributed by atoms with Crippen LogP contribution in [0.25, 0.3) is 11.1 Å². The third-order valence-electron chi connectivity index (χ3n) is 4.40. The summed E-state index contributed by atoms with van der Waals surface area (Å²) < 4.78 is 0. The van der Waals surface area contributed by atoms with Crippen molar-refractivity contribution in [3.63, 3.8) is 0 Å². The van der Waals surface area contributed by atoms with Crippen molar-refractivity contribution in [3.8, 4) is 11.1 Å². The van der Waals surface area contributed by atoms with Crippen molar-refractivity contribution < 1.29 is 0 Å². The van der Waals surface area contributed by atoms with E-state index in [1.54, 1.807) is 0 Å². The molecule has 1 aromatic heterocycles. The van der Waals surface area contributed by atoms with Gasteiger partial charge in [0.1, 0.15) is 0 Å².